The number of hydrogen-bond donors (Lipinski definition) is 1. The van der Waals surface area contributed by atoms with E-state index in [4.69, 9.17) is 9.84 Å². The highest BCUT2D eigenvalue weighted by atomic mass is 16.5. The van der Waals surface area contributed by atoms with E-state index in [1.807, 2.05) is 6.07 Å². The minimum absolute atomic E-state index is 0.255. The van der Waals surface area contributed by atoms with E-state index in [1.54, 1.807) is 19.2 Å². The molecule has 5 heteroatoms. The zero-order valence-corrected chi connectivity index (χ0v) is 11.4. The summed E-state index contributed by atoms with van der Waals surface area (Å²) < 4.78 is 7.29. The molecule has 1 unspecified atom stereocenters. The van der Waals surface area contributed by atoms with Crippen LogP contribution >= 0.6 is 0 Å². The van der Waals surface area contributed by atoms with E-state index in [1.165, 1.54) is 0 Å². The Morgan fingerprint density at radius 1 is 1.53 bits per heavy atom. The number of hydrogen-bond acceptors (Lipinski definition) is 3. The van der Waals surface area contributed by atoms with Gasteiger partial charge < -0.3 is 14.4 Å². The second kappa shape index (κ2) is 5.40. The number of methoxy groups -OCH3 is 1. The molecule has 1 aromatic carbocycles. The number of ether oxygens (including phenoxy) is 1. The Morgan fingerprint density at radius 2 is 2.26 bits per heavy atom. The number of aromatic nitrogens is 2. The fraction of sp³-hybridized carbons (Fsp3) is 0.429. The molecule has 19 heavy (non-hydrogen) atoms. The number of imidazole rings is 1. The van der Waals surface area contributed by atoms with Crippen molar-refractivity contribution in [2.24, 2.45) is 0 Å². The van der Waals surface area contributed by atoms with Crippen molar-refractivity contribution < 1.29 is 14.6 Å². The summed E-state index contributed by atoms with van der Waals surface area (Å²) in [5.41, 5.74) is 1.91. The van der Waals surface area contributed by atoms with Crippen LogP contribution in [-0.4, -0.2) is 27.7 Å². The summed E-state index contributed by atoms with van der Waals surface area (Å²) in [6.07, 6.45) is 0.975. The fourth-order valence-electron chi connectivity index (χ4n) is 2.19. The van der Waals surface area contributed by atoms with E-state index in [0.29, 0.717) is 18.2 Å². The van der Waals surface area contributed by atoms with Crippen LogP contribution in [0.1, 0.15) is 42.5 Å². The van der Waals surface area contributed by atoms with E-state index >= 15 is 0 Å². The van der Waals surface area contributed by atoms with Gasteiger partial charge in [0.15, 0.2) is 0 Å². The predicted molar refractivity (Wildman–Crippen MR) is 72.4 cm³/mol. The molecule has 0 saturated heterocycles. The van der Waals surface area contributed by atoms with Crippen molar-refractivity contribution in [2.45, 2.75) is 32.9 Å². The van der Waals surface area contributed by atoms with Gasteiger partial charge in [-0.3, -0.25) is 0 Å². The molecule has 0 radical (unpaired) electrons. The Bertz CT molecular complexity index is 604. The SMILES string of the molecule is CCC(C)n1c(COC)nc2cc(C(=O)O)ccc21. The van der Waals surface area contributed by atoms with Gasteiger partial charge in [-0.05, 0) is 31.5 Å². The Morgan fingerprint density at radius 3 is 2.84 bits per heavy atom. The highest BCUT2D eigenvalue weighted by Crippen LogP contribution is 2.24. The first kappa shape index (κ1) is 13.5. The Labute approximate surface area is 111 Å². The smallest absolute Gasteiger partial charge is 0.335 e. The van der Waals surface area contributed by atoms with Crippen LogP contribution in [0.4, 0.5) is 0 Å². The van der Waals surface area contributed by atoms with Crippen LogP contribution in [0, 0.1) is 0 Å². The molecule has 0 amide bonds. The second-order valence-corrected chi connectivity index (χ2v) is 4.60. The lowest BCUT2D eigenvalue weighted by Crippen LogP contribution is -2.09. The van der Waals surface area contributed by atoms with Crippen LogP contribution in [0.3, 0.4) is 0 Å². The van der Waals surface area contributed by atoms with Crippen molar-refractivity contribution in [3.63, 3.8) is 0 Å². The number of benzene rings is 1. The summed E-state index contributed by atoms with van der Waals surface area (Å²) >= 11 is 0. The number of carbonyl (C=O) groups is 1. The van der Waals surface area contributed by atoms with Crippen LogP contribution in [0.15, 0.2) is 18.2 Å². The van der Waals surface area contributed by atoms with Gasteiger partial charge in [-0.2, -0.15) is 0 Å². The minimum atomic E-state index is -0.937. The van der Waals surface area contributed by atoms with Gasteiger partial charge >= 0.3 is 5.97 Å². The van der Waals surface area contributed by atoms with Crippen LogP contribution in [-0.2, 0) is 11.3 Å². The fourth-order valence-corrected chi connectivity index (χ4v) is 2.19. The van der Waals surface area contributed by atoms with Crippen LogP contribution in [0.2, 0.25) is 0 Å². The van der Waals surface area contributed by atoms with E-state index < -0.39 is 5.97 Å². The van der Waals surface area contributed by atoms with Gasteiger partial charge in [0.2, 0.25) is 0 Å². The first-order valence-electron chi connectivity index (χ1n) is 6.31. The van der Waals surface area contributed by atoms with Crippen molar-refractivity contribution in [1.82, 2.24) is 9.55 Å². The van der Waals surface area contributed by atoms with E-state index in [2.05, 4.69) is 23.4 Å². The van der Waals surface area contributed by atoms with Gasteiger partial charge in [0, 0.05) is 13.2 Å². The normalized spacial score (nSPS) is 12.8. The van der Waals surface area contributed by atoms with E-state index in [-0.39, 0.29) is 5.56 Å². The average Bonchev–Trinajstić information content (AvgIpc) is 2.75. The molecule has 0 bridgehead atoms. The van der Waals surface area contributed by atoms with Crippen LogP contribution in [0.5, 0.6) is 0 Å². The Balaban J connectivity index is 2.62. The highest BCUT2D eigenvalue weighted by Gasteiger charge is 2.16. The summed E-state index contributed by atoms with van der Waals surface area (Å²) in [7, 11) is 1.63. The molecule has 2 rings (SSSR count). The first-order chi connectivity index (χ1) is 9.08. The van der Waals surface area contributed by atoms with Gasteiger partial charge in [0.1, 0.15) is 12.4 Å². The largest absolute Gasteiger partial charge is 0.478 e. The summed E-state index contributed by atoms with van der Waals surface area (Å²) in [5, 5.41) is 9.02. The summed E-state index contributed by atoms with van der Waals surface area (Å²) in [5.74, 6) is -0.109. The summed E-state index contributed by atoms with van der Waals surface area (Å²) in [6.45, 7) is 4.64. The monoisotopic (exact) mass is 262 g/mol. The molecule has 1 N–H and O–H groups in total. The van der Waals surface area contributed by atoms with Gasteiger partial charge in [-0.15, -0.1) is 0 Å². The van der Waals surface area contributed by atoms with Crippen molar-refractivity contribution in [2.75, 3.05) is 7.11 Å². The van der Waals surface area contributed by atoms with E-state index in [9.17, 15) is 4.79 Å². The molecule has 0 saturated carbocycles. The van der Waals surface area contributed by atoms with Crippen LogP contribution in [0.25, 0.3) is 11.0 Å². The first-order valence-corrected chi connectivity index (χ1v) is 6.31. The number of nitrogens with zero attached hydrogens (tertiary/aromatic N) is 2. The molecule has 0 aliphatic carbocycles. The zero-order chi connectivity index (χ0) is 14.0. The Hall–Kier alpha value is -1.88. The molecule has 1 heterocycles. The summed E-state index contributed by atoms with van der Waals surface area (Å²) in [6, 6.07) is 5.33. The molecule has 0 fully saturated rings. The maximum absolute atomic E-state index is 11.0. The predicted octanol–water partition coefficient (Wildman–Crippen LogP) is 2.85. The molecule has 1 atom stereocenters. The molecule has 1 aromatic heterocycles. The standard InChI is InChI=1S/C14H18N2O3/c1-4-9(2)16-12-6-5-10(14(17)18)7-11(12)15-13(16)8-19-3/h5-7,9H,4,8H2,1-3H3,(H,17,18). The number of aromatic carboxylic acids is 1. The number of fused-ring (bicyclic) bond motifs is 1. The third-order valence-electron chi connectivity index (χ3n) is 3.31. The summed E-state index contributed by atoms with van der Waals surface area (Å²) in [4.78, 5) is 15.5. The third kappa shape index (κ3) is 2.46. The number of carboxylic acid groups (broad SMARTS) is 1. The van der Waals surface area contributed by atoms with Crippen LogP contribution < -0.4 is 0 Å². The quantitative estimate of drug-likeness (QED) is 0.899. The van der Waals surface area contributed by atoms with Gasteiger partial charge in [-0.1, -0.05) is 6.92 Å². The minimum Gasteiger partial charge on any atom is -0.478 e. The van der Waals surface area contributed by atoms with Crippen molar-refractivity contribution in [3.05, 3.63) is 29.6 Å². The highest BCUT2D eigenvalue weighted by molar-refractivity contribution is 5.92. The number of carboxylic acids is 1. The van der Waals surface area contributed by atoms with Crippen molar-refractivity contribution in [1.29, 1.82) is 0 Å². The molecular formula is C14H18N2O3. The molecular weight excluding hydrogens is 244 g/mol. The van der Waals surface area contributed by atoms with Gasteiger partial charge in [0.25, 0.3) is 0 Å². The molecule has 102 valence electrons. The Kier molecular flexibility index (Phi) is 3.85. The van der Waals surface area contributed by atoms with E-state index in [0.717, 1.165) is 17.8 Å². The van der Waals surface area contributed by atoms with Crippen molar-refractivity contribution in [3.8, 4) is 0 Å². The lowest BCUT2D eigenvalue weighted by atomic mass is 10.2. The molecule has 0 aliphatic rings. The molecule has 5 nitrogen and oxygen atoms in total. The molecule has 0 spiro atoms. The zero-order valence-electron chi connectivity index (χ0n) is 11.4. The lowest BCUT2D eigenvalue weighted by molar-refractivity contribution is 0.0697. The van der Waals surface area contributed by atoms with Gasteiger partial charge in [0.05, 0.1) is 16.6 Å². The maximum atomic E-state index is 11.0. The average molecular weight is 262 g/mol. The topological polar surface area (TPSA) is 64.4 Å². The van der Waals surface area contributed by atoms with Gasteiger partial charge in [-0.25, -0.2) is 9.78 Å². The lowest BCUT2D eigenvalue weighted by Gasteiger charge is -2.15. The second-order valence-electron chi connectivity index (χ2n) is 4.60. The molecule has 2 aromatic rings. The molecule has 0 aliphatic heterocycles. The van der Waals surface area contributed by atoms with Crippen molar-refractivity contribution >= 4 is 17.0 Å². The maximum Gasteiger partial charge on any atom is 0.335 e. The third-order valence-corrected chi connectivity index (χ3v) is 3.31. The number of rotatable bonds is 5.